The molecule has 1 unspecified atom stereocenters. The third-order valence-electron chi connectivity index (χ3n) is 4.76. The Hall–Kier alpha value is -1.33. The Balaban J connectivity index is 1.43. The molecule has 136 valence electrons. The predicted molar refractivity (Wildman–Crippen MR) is 104 cm³/mol. The second-order valence-corrected chi connectivity index (χ2v) is 7.49. The van der Waals surface area contributed by atoms with Gasteiger partial charge in [-0.25, -0.2) is 0 Å². The highest BCUT2D eigenvalue weighted by molar-refractivity contribution is 6.33. The van der Waals surface area contributed by atoms with E-state index in [1.165, 1.54) is 26.2 Å². The zero-order chi connectivity index (χ0) is 17.6. The molecule has 1 atom stereocenters. The Labute approximate surface area is 155 Å². The maximum atomic E-state index is 6.23. The normalized spacial score (nSPS) is 17.7. The highest BCUT2D eigenvalue weighted by Gasteiger charge is 2.16. The minimum atomic E-state index is 0.626. The molecule has 1 aromatic heterocycles. The van der Waals surface area contributed by atoms with Crippen molar-refractivity contribution in [2.24, 2.45) is 5.92 Å². The molecule has 2 aromatic rings. The van der Waals surface area contributed by atoms with Gasteiger partial charge < -0.3 is 19.5 Å². The van der Waals surface area contributed by atoms with Crippen molar-refractivity contribution >= 4 is 11.6 Å². The molecule has 0 amide bonds. The van der Waals surface area contributed by atoms with Crippen LogP contribution in [0.3, 0.4) is 0 Å². The van der Waals surface area contributed by atoms with E-state index in [-0.39, 0.29) is 0 Å². The monoisotopic (exact) mass is 361 g/mol. The highest BCUT2D eigenvalue weighted by Crippen LogP contribution is 2.28. The van der Waals surface area contributed by atoms with E-state index in [4.69, 9.17) is 16.0 Å². The van der Waals surface area contributed by atoms with Gasteiger partial charge in [-0.05, 0) is 43.8 Å². The molecule has 3 rings (SSSR count). The fourth-order valence-electron chi connectivity index (χ4n) is 3.26. The SMILES string of the molecule is CC(CNCc1ccc(-c2ccccc2Cl)o1)CN1CCN(C)CC1. The molecule has 1 saturated heterocycles. The van der Waals surface area contributed by atoms with Crippen LogP contribution < -0.4 is 5.32 Å². The van der Waals surface area contributed by atoms with Crippen molar-refractivity contribution < 1.29 is 4.42 Å². The standard InChI is InChI=1S/C20H28ClN3O/c1-16(15-24-11-9-23(2)10-12-24)13-22-14-17-7-8-20(25-17)18-5-3-4-6-19(18)21/h3-8,16,22H,9-15H2,1-2H3. The molecular weight excluding hydrogens is 334 g/mol. The summed E-state index contributed by atoms with van der Waals surface area (Å²) in [5.41, 5.74) is 0.943. The van der Waals surface area contributed by atoms with E-state index in [2.05, 4.69) is 29.1 Å². The summed E-state index contributed by atoms with van der Waals surface area (Å²) in [5, 5.41) is 4.23. The Morgan fingerprint density at radius 2 is 1.88 bits per heavy atom. The summed E-state index contributed by atoms with van der Waals surface area (Å²) in [6.45, 7) is 9.92. The van der Waals surface area contributed by atoms with Crippen LogP contribution in [-0.2, 0) is 6.54 Å². The second kappa shape index (κ2) is 8.86. The summed E-state index contributed by atoms with van der Waals surface area (Å²) >= 11 is 6.23. The number of likely N-dealkylation sites (N-methyl/N-ethyl adjacent to an activating group) is 1. The van der Waals surface area contributed by atoms with Gasteiger partial charge in [0, 0.05) is 38.3 Å². The zero-order valence-corrected chi connectivity index (χ0v) is 15.9. The van der Waals surface area contributed by atoms with Gasteiger partial charge in [0.1, 0.15) is 11.5 Å². The van der Waals surface area contributed by atoms with Crippen LogP contribution in [0.4, 0.5) is 0 Å². The minimum absolute atomic E-state index is 0.626. The van der Waals surface area contributed by atoms with Gasteiger partial charge in [0.2, 0.25) is 0 Å². The molecule has 1 aliphatic rings. The quantitative estimate of drug-likeness (QED) is 0.817. The van der Waals surface area contributed by atoms with Crippen molar-refractivity contribution in [3.63, 3.8) is 0 Å². The van der Waals surface area contributed by atoms with E-state index >= 15 is 0 Å². The molecule has 5 heteroatoms. The Morgan fingerprint density at radius 1 is 1.12 bits per heavy atom. The van der Waals surface area contributed by atoms with Gasteiger partial charge in [-0.15, -0.1) is 0 Å². The van der Waals surface area contributed by atoms with Gasteiger partial charge in [-0.2, -0.15) is 0 Å². The third-order valence-corrected chi connectivity index (χ3v) is 5.09. The van der Waals surface area contributed by atoms with E-state index in [1.807, 2.05) is 36.4 Å². The summed E-state index contributed by atoms with van der Waals surface area (Å²) in [5.74, 6) is 2.40. The van der Waals surface area contributed by atoms with Gasteiger partial charge >= 0.3 is 0 Å². The fourth-order valence-corrected chi connectivity index (χ4v) is 3.49. The largest absolute Gasteiger partial charge is 0.460 e. The molecule has 4 nitrogen and oxygen atoms in total. The third kappa shape index (κ3) is 5.32. The summed E-state index contributed by atoms with van der Waals surface area (Å²) in [6.07, 6.45) is 0. The Kier molecular flexibility index (Phi) is 6.54. The van der Waals surface area contributed by atoms with E-state index in [9.17, 15) is 0 Å². The fraction of sp³-hybridized carbons (Fsp3) is 0.500. The molecule has 0 radical (unpaired) electrons. The number of nitrogens with zero attached hydrogens (tertiary/aromatic N) is 2. The van der Waals surface area contributed by atoms with Crippen molar-refractivity contribution in [1.82, 2.24) is 15.1 Å². The van der Waals surface area contributed by atoms with Crippen LogP contribution in [0.1, 0.15) is 12.7 Å². The summed E-state index contributed by atoms with van der Waals surface area (Å²) in [7, 11) is 2.20. The second-order valence-electron chi connectivity index (χ2n) is 7.09. The first kappa shape index (κ1) is 18.5. The number of halogens is 1. The first-order valence-electron chi connectivity index (χ1n) is 9.07. The van der Waals surface area contributed by atoms with Crippen molar-refractivity contribution in [3.8, 4) is 11.3 Å². The molecule has 1 aromatic carbocycles. The molecule has 0 bridgehead atoms. The molecule has 0 aliphatic carbocycles. The molecule has 0 spiro atoms. The van der Waals surface area contributed by atoms with Crippen molar-refractivity contribution in [2.75, 3.05) is 46.3 Å². The van der Waals surface area contributed by atoms with Crippen LogP contribution >= 0.6 is 11.6 Å². The molecular formula is C20H28ClN3O. The first-order valence-corrected chi connectivity index (χ1v) is 9.45. The molecule has 2 heterocycles. The number of hydrogen-bond acceptors (Lipinski definition) is 4. The number of benzene rings is 1. The van der Waals surface area contributed by atoms with Gasteiger partial charge in [0.15, 0.2) is 0 Å². The summed E-state index contributed by atoms with van der Waals surface area (Å²) < 4.78 is 5.93. The molecule has 1 N–H and O–H groups in total. The van der Waals surface area contributed by atoms with Crippen molar-refractivity contribution in [3.05, 3.63) is 47.2 Å². The number of piperazine rings is 1. The lowest BCUT2D eigenvalue weighted by Crippen LogP contribution is -2.46. The van der Waals surface area contributed by atoms with Gasteiger partial charge in [-0.1, -0.05) is 30.7 Å². The highest BCUT2D eigenvalue weighted by atomic mass is 35.5. The van der Waals surface area contributed by atoms with Gasteiger partial charge in [0.05, 0.1) is 11.6 Å². The predicted octanol–water partition coefficient (Wildman–Crippen LogP) is 3.57. The lowest BCUT2D eigenvalue weighted by molar-refractivity contribution is 0.138. The van der Waals surface area contributed by atoms with E-state index in [0.29, 0.717) is 5.92 Å². The molecule has 0 saturated carbocycles. The molecule has 1 aliphatic heterocycles. The zero-order valence-electron chi connectivity index (χ0n) is 15.2. The molecule has 1 fully saturated rings. The smallest absolute Gasteiger partial charge is 0.135 e. The van der Waals surface area contributed by atoms with Crippen LogP contribution in [0, 0.1) is 5.92 Å². The number of rotatable bonds is 7. The van der Waals surface area contributed by atoms with Gasteiger partial charge in [-0.3, -0.25) is 0 Å². The maximum Gasteiger partial charge on any atom is 0.135 e. The Morgan fingerprint density at radius 3 is 2.64 bits per heavy atom. The van der Waals surface area contributed by atoms with Crippen molar-refractivity contribution in [2.45, 2.75) is 13.5 Å². The minimum Gasteiger partial charge on any atom is -0.460 e. The van der Waals surface area contributed by atoms with E-state index < -0.39 is 0 Å². The van der Waals surface area contributed by atoms with Crippen LogP contribution in [0.5, 0.6) is 0 Å². The van der Waals surface area contributed by atoms with Crippen molar-refractivity contribution in [1.29, 1.82) is 0 Å². The topological polar surface area (TPSA) is 31.7 Å². The maximum absolute atomic E-state index is 6.23. The lowest BCUT2D eigenvalue weighted by atomic mass is 10.1. The van der Waals surface area contributed by atoms with Crippen LogP contribution in [0.2, 0.25) is 5.02 Å². The van der Waals surface area contributed by atoms with E-state index in [1.54, 1.807) is 0 Å². The average Bonchev–Trinajstić information content (AvgIpc) is 3.06. The summed E-state index contributed by atoms with van der Waals surface area (Å²) in [4.78, 5) is 4.96. The first-order chi connectivity index (χ1) is 12.1. The van der Waals surface area contributed by atoms with Crippen LogP contribution in [0.15, 0.2) is 40.8 Å². The number of hydrogen-bond donors (Lipinski definition) is 1. The number of furan rings is 1. The van der Waals surface area contributed by atoms with Gasteiger partial charge in [0.25, 0.3) is 0 Å². The number of nitrogens with one attached hydrogen (secondary N) is 1. The van der Waals surface area contributed by atoms with Crippen LogP contribution in [0.25, 0.3) is 11.3 Å². The van der Waals surface area contributed by atoms with E-state index in [0.717, 1.165) is 41.7 Å². The Bertz CT molecular complexity index is 664. The lowest BCUT2D eigenvalue weighted by Gasteiger charge is -2.33. The summed E-state index contributed by atoms with van der Waals surface area (Å²) in [6, 6.07) is 11.8. The molecule has 25 heavy (non-hydrogen) atoms. The van der Waals surface area contributed by atoms with Crippen LogP contribution in [-0.4, -0.2) is 56.1 Å². The average molecular weight is 362 g/mol.